The molecule has 2 aromatic rings. The molecule has 0 bridgehead atoms. The Hall–Kier alpha value is -2.74. The minimum absolute atomic E-state index is 0.201. The van der Waals surface area contributed by atoms with Gasteiger partial charge < -0.3 is 10.6 Å². The number of benzene rings is 1. The van der Waals surface area contributed by atoms with Crippen molar-refractivity contribution in [2.75, 3.05) is 16.8 Å². The maximum atomic E-state index is 12.0. The second-order valence-corrected chi connectivity index (χ2v) is 7.64. The van der Waals surface area contributed by atoms with Gasteiger partial charge in [-0.25, -0.2) is 8.42 Å². The molecule has 0 fully saturated rings. The first kappa shape index (κ1) is 18.6. The van der Waals surface area contributed by atoms with Crippen LogP contribution in [0.25, 0.3) is 0 Å². The van der Waals surface area contributed by atoms with Crippen molar-refractivity contribution in [1.29, 1.82) is 0 Å². The van der Waals surface area contributed by atoms with Crippen molar-refractivity contribution in [2.45, 2.75) is 13.5 Å². The van der Waals surface area contributed by atoms with E-state index in [1.54, 1.807) is 48.8 Å². The second kappa shape index (κ2) is 8.39. The summed E-state index contributed by atoms with van der Waals surface area (Å²) in [5, 5.41) is 5.01. The molecule has 0 unspecified atom stereocenters. The van der Waals surface area contributed by atoms with Crippen LogP contribution in [0.3, 0.4) is 0 Å². The van der Waals surface area contributed by atoms with Crippen LogP contribution < -0.4 is 10.6 Å². The van der Waals surface area contributed by atoms with E-state index in [4.69, 9.17) is 0 Å². The Morgan fingerprint density at radius 3 is 2.20 bits per heavy atom. The first-order valence-corrected chi connectivity index (χ1v) is 9.39. The third-order valence-corrected chi connectivity index (χ3v) is 4.68. The highest BCUT2D eigenvalue weighted by atomic mass is 32.2. The van der Waals surface area contributed by atoms with Gasteiger partial charge in [-0.05, 0) is 36.8 Å². The number of hydrogen-bond acceptors (Lipinski definition) is 5. The van der Waals surface area contributed by atoms with Gasteiger partial charge in [0.05, 0.1) is 0 Å². The summed E-state index contributed by atoms with van der Waals surface area (Å²) in [5.74, 6) is -2.81. The minimum atomic E-state index is -3.85. The van der Waals surface area contributed by atoms with E-state index < -0.39 is 33.2 Å². The van der Waals surface area contributed by atoms with Crippen molar-refractivity contribution in [3.63, 3.8) is 0 Å². The van der Waals surface area contributed by atoms with Crippen LogP contribution in [0.2, 0.25) is 0 Å². The summed E-state index contributed by atoms with van der Waals surface area (Å²) in [7, 11) is -3.85. The molecule has 0 saturated heterocycles. The lowest BCUT2D eigenvalue weighted by molar-refractivity contribution is -0.118. The summed E-state index contributed by atoms with van der Waals surface area (Å²) in [6.45, 7) is 2.10. The monoisotopic (exact) mass is 361 g/mol. The van der Waals surface area contributed by atoms with E-state index in [0.717, 1.165) is 11.1 Å². The van der Waals surface area contributed by atoms with Crippen molar-refractivity contribution < 1.29 is 18.0 Å². The van der Waals surface area contributed by atoms with Gasteiger partial charge in [0, 0.05) is 24.6 Å². The Labute approximate surface area is 146 Å². The molecule has 2 rings (SSSR count). The Bertz CT molecular complexity index is 834. The number of carbonyl (C=O) groups excluding carboxylic acids is 2. The summed E-state index contributed by atoms with van der Waals surface area (Å²) in [6, 6.07) is 10.4. The highest BCUT2D eigenvalue weighted by molar-refractivity contribution is 7.92. The zero-order valence-corrected chi connectivity index (χ0v) is 14.5. The highest BCUT2D eigenvalue weighted by Gasteiger charge is 2.20. The molecule has 0 atom stereocenters. The van der Waals surface area contributed by atoms with Crippen LogP contribution in [-0.2, 0) is 26.0 Å². The Kier molecular flexibility index (Phi) is 6.24. The van der Waals surface area contributed by atoms with E-state index >= 15 is 0 Å². The van der Waals surface area contributed by atoms with Gasteiger partial charge in [-0.3, -0.25) is 14.6 Å². The molecule has 0 aliphatic carbocycles. The Morgan fingerprint density at radius 1 is 0.960 bits per heavy atom. The van der Waals surface area contributed by atoms with Crippen molar-refractivity contribution in [2.24, 2.45) is 0 Å². The van der Waals surface area contributed by atoms with Gasteiger partial charge in [0.2, 0.25) is 11.8 Å². The topological polar surface area (TPSA) is 105 Å². The van der Waals surface area contributed by atoms with E-state index in [0.29, 0.717) is 5.69 Å². The lowest BCUT2D eigenvalue weighted by Gasteiger charge is -2.08. The van der Waals surface area contributed by atoms with Crippen LogP contribution in [0.5, 0.6) is 0 Å². The van der Waals surface area contributed by atoms with Crippen LogP contribution in [0.1, 0.15) is 11.1 Å². The molecular weight excluding hydrogens is 342 g/mol. The maximum Gasteiger partial charge on any atom is 0.239 e. The van der Waals surface area contributed by atoms with Gasteiger partial charge in [-0.2, -0.15) is 0 Å². The standard InChI is InChI=1S/C17H19N3O4S/c1-13-2-4-15(5-3-13)20-17(22)12-25(23,24)11-16(21)19-10-14-6-8-18-9-7-14/h2-9H,10-12H2,1H3,(H,19,21)(H,20,22). The maximum absolute atomic E-state index is 12.0. The molecule has 7 nitrogen and oxygen atoms in total. The van der Waals surface area contributed by atoms with E-state index in [1.165, 1.54) is 0 Å². The van der Waals surface area contributed by atoms with E-state index in [-0.39, 0.29) is 6.54 Å². The van der Waals surface area contributed by atoms with Gasteiger partial charge in [0.25, 0.3) is 0 Å². The quantitative estimate of drug-likeness (QED) is 0.767. The molecule has 8 heteroatoms. The molecular formula is C17H19N3O4S. The van der Waals surface area contributed by atoms with Crippen LogP contribution in [0.4, 0.5) is 5.69 Å². The minimum Gasteiger partial charge on any atom is -0.351 e. The number of rotatable bonds is 7. The average Bonchev–Trinajstić information content (AvgIpc) is 2.55. The van der Waals surface area contributed by atoms with Gasteiger partial charge in [0.15, 0.2) is 9.84 Å². The van der Waals surface area contributed by atoms with Gasteiger partial charge in [-0.1, -0.05) is 17.7 Å². The second-order valence-electron chi connectivity index (χ2n) is 5.58. The smallest absolute Gasteiger partial charge is 0.239 e. The number of amides is 2. The third-order valence-electron chi connectivity index (χ3n) is 3.28. The molecule has 0 radical (unpaired) electrons. The molecule has 0 spiro atoms. The van der Waals surface area contributed by atoms with Crippen molar-refractivity contribution in [3.8, 4) is 0 Å². The third kappa shape index (κ3) is 6.72. The van der Waals surface area contributed by atoms with Crippen molar-refractivity contribution in [3.05, 3.63) is 59.9 Å². The van der Waals surface area contributed by atoms with Crippen molar-refractivity contribution >= 4 is 27.3 Å². The highest BCUT2D eigenvalue weighted by Crippen LogP contribution is 2.08. The van der Waals surface area contributed by atoms with Gasteiger partial charge >= 0.3 is 0 Å². The van der Waals surface area contributed by atoms with Crippen LogP contribution >= 0.6 is 0 Å². The van der Waals surface area contributed by atoms with Crippen molar-refractivity contribution in [1.82, 2.24) is 10.3 Å². The van der Waals surface area contributed by atoms with Crippen LogP contribution in [0, 0.1) is 6.92 Å². The van der Waals surface area contributed by atoms with E-state index in [9.17, 15) is 18.0 Å². The zero-order chi connectivity index (χ0) is 18.3. The summed E-state index contributed by atoms with van der Waals surface area (Å²) in [6.07, 6.45) is 3.15. The lowest BCUT2D eigenvalue weighted by atomic mass is 10.2. The van der Waals surface area contributed by atoms with Gasteiger partial charge in [-0.15, -0.1) is 0 Å². The normalized spacial score (nSPS) is 10.9. The van der Waals surface area contributed by atoms with Crippen LogP contribution in [-0.4, -0.2) is 36.7 Å². The first-order chi connectivity index (χ1) is 11.8. The summed E-state index contributed by atoms with van der Waals surface area (Å²) < 4.78 is 24.0. The Balaban J connectivity index is 1.82. The predicted molar refractivity (Wildman–Crippen MR) is 94.5 cm³/mol. The van der Waals surface area contributed by atoms with E-state index in [2.05, 4.69) is 15.6 Å². The number of sulfone groups is 1. The summed E-state index contributed by atoms with van der Waals surface area (Å²) in [4.78, 5) is 27.5. The number of aromatic nitrogens is 1. The molecule has 2 N–H and O–H groups in total. The number of aryl methyl sites for hydroxylation is 1. The molecule has 25 heavy (non-hydrogen) atoms. The molecule has 1 aromatic heterocycles. The van der Waals surface area contributed by atoms with Crippen LogP contribution in [0.15, 0.2) is 48.8 Å². The summed E-state index contributed by atoms with van der Waals surface area (Å²) in [5.41, 5.74) is 2.34. The molecule has 0 aliphatic rings. The zero-order valence-electron chi connectivity index (χ0n) is 13.7. The summed E-state index contributed by atoms with van der Waals surface area (Å²) >= 11 is 0. The number of nitrogens with zero attached hydrogens (tertiary/aromatic N) is 1. The largest absolute Gasteiger partial charge is 0.351 e. The molecule has 2 amide bonds. The first-order valence-electron chi connectivity index (χ1n) is 7.56. The predicted octanol–water partition coefficient (Wildman–Crippen LogP) is 1.06. The fourth-order valence-corrected chi connectivity index (χ4v) is 3.11. The fourth-order valence-electron chi connectivity index (χ4n) is 2.04. The number of hydrogen-bond donors (Lipinski definition) is 2. The van der Waals surface area contributed by atoms with Gasteiger partial charge in [0.1, 0.15) is 11.5 Å². The number of carbonyl (C=O) groups is 2. The fraction of sp³-hybridized carbons (Fsp3) is 0.235. The molecule has 0 saturated carbocycles. The lowest BCUT2D eigenvalue weighted by Crippen LogP contribution is -2.33. The molecule has 1 aromatic carbocycles. The molecule has 1 heterocycles. The molecule has 0 aliphatic heterocycles. The SMILES string of the molecule is Cc1ccc(NC(=O)CS(=O)(=O)CC(=O)NCc2ccncc2)cc1. The Morgan fingerprint density at radius 2 is 1.56 bits per heavy atom. The number of anilines is 1. The number of nitrogens with one attached hydrogen (secondary N) is 2. The average molecular weight is 361 g/mol. The molecule has 132 valence electrons. The van der Waals surface area contributed by atoms with E-state index in [1.807, 2.05) is 6.92 Å². The number of pyridine rings is 1.